The number of nitrogen functional groups attached to an aromatic ring is 1. The lowest BCUT2D eigenvalue weighted by Crippen LogP contribution is -2.12. The first-order valence-corrected chi connectivity index (χ1v) is 6.75. The topological polar surface area (TPSA) is 57.2 Å². The fourth-order valence-electron chi connectivity index (χ4n) is 1.61. The van der Waals surface area contributed by atoms with E-state index in [2.05, 4.69) is 0 Å². The van der Waals surface area contributed by atoms with Crippen molar-refractivity contribution in [3.05, 3.63) is 18.0 Å². The number of nitrogens with two attached hydrogens (primary N) is 1. The van der Waals surface area contributed by atoms with Gasteiger partial charge in [-0.1, -0.05) is 0 Å². The van der Waals surface area contributed by atoms with E-state index in [4.69, 9.17) is 10.5 Å². The lowest BCUT2D eigenvalue weighted by Gasteiger charge is -2.07. The van der Waals surface area contributed by atoms with E-state index in [1.165, 1.54) is 0 Å². The number of hydrogen-bond acceptors (Lipinski definition) is 4. The van der Waals surface area contributed by atoms with Gasteiger partial charge in [-0.2, -0.15) is 11.8 Å². The van der Waals surface area contributed by atoms with Crippen LogP contribution in [0.15, 0.2) is 12.3 Å². The summed E-state index contributed by atoms with van der Waals surface area (Å²) < 4.78 is 7.11. The number of rotatable bonds is 5. The highest BCUT2D eigenvalue weighted by Crippen LogP contribution is 2.37. The monoisotopic (exact) mass is 240 g/mol. The molecule has 0 saturated heterocycles. The summed E-state index contributed by atoms with van der Waals surface area (Å²) in [5.41, 5.74) is 6.92. The second-order valence-electron chi connectivity index (χ2n) is 3.93. The Hall–Kier alpha value is -1.10. The number of thioether (sulfide) groups is 1. The molecule has 2 N–H and O–H groups in total. The van der Waals surface area contributed by atoms with E-state index in [-0.39, 0.29) is 5.97 Å². The maximum Gasteiger partial charge on any atom is 0.355 e. The predicted molar refractivity (Wildman–Crippen MR) is 65.8 cm³/mol. The predicted octanol–water partition coefficient (Wildman–Crippen LogP) is 1.92. The molecule has 0 atom stereocenters. The van der Waals surface area contributed by atoms with Crippen LogP contribution in [0, 0.1) is 0 Å². The van der Waals surface area contributed by atoms with Crippen LogP contribution >= 0.6 is 11.8 Å². The van der Waals surface area contributed by atoms with Crippen LogP contribution in [0.2, 0.25) is 0 Å². The van der Waals surface area contributed by atoms with Crippen LogP contribution in [0.3, 0.4) is 0 Å². The van der Waals surface area contributed by atoms with E-state index in [9.17, 15) is 4.79 Å². The van der Waals surface area contributed by atoms with Gasteiger partial charge in [-0.05, 0) is 25.2 Å². The number of ether oxygens (including phenoxy) is 1. The van der Waals surface area contributed by atoms with Crippen molar-refractivity contribution < 1.29 is 9.53 Å². The average Bonchev–Trinajstić information content (AvgIpc) is 3.02. The Kier molecular flexibility index (Phi) is 3.43. The van der Waals surface area contributed by atoms with E-state index in [0.717, 1.165) is 18.6 Å². The Labute approximate surface area is 99.1 Å². The summed E-state index contributed by atoms with van der Waals surface area (Å²) in [6.07, 6.45) is 6.06. The van der Waals surface area contributed by atoms with Crippen molar-refractivity contribution in [2.75, 3.05) is 24.3 Å². The third-order valence-corrected chi connectivity index (χ3v) is 3.11. The Morgan fingerprint density at radius 1 is 1.69 bits per heavy atom. The van der Waals surface area contributed by atoms with Gasteiger partial charge in [0, 0.05) is 18.0 Å². The molecule has 2 rings (SSSR count). The molecular weight excluding hydrogens is 224 g/mol. The molecule has 5 heteroatoms. The summed E-state index contributed by atoms with van der Waals surface area (Å²) in [6.45, 7) is 0.454. The summed E-state index contributed by atoms with van der Waals surface area (Å²) in [5, 5.41) is 0. The summed E-state index contributed by atoms with van der Waals surface area (Å²) in [7, 11) is 0. The van der Waals surface area contributed by atoms with Crippen LogP contribution in [-0.4, -0.2) is 29.2 Å². The van der Waals surface area contributed by atoms with Crippen LogP contribution in [0.25, 0.3) is 0 Å². The summed E-state index contributed by atoms with van der Waals surface area (Å²) >= 11 is 1.66. The first-order valence-electron chi connectivity index (χ1n) is 5.36. The minimum absolute atomic E-state index is 0.266. The molecule has 1 aromatic heterocycles. The standard InChI is InChI=1S/C11H16N2O2S/c1-16-5-4-15-11(14)10-6-8(12)7-13(10)9-2-3-9/h6-7,9H,2-5,12H2,1H3. The molecule has 0 aromatic carbocycles. The molecule has 16 heavy (non-hydrogen) atoms. The zero-order valence-electron chi connectivity index (χ0n) is 9.31. The lowest BCUT2D eigenvalue weighted by molar-refractivity contribution is 0.0517. The Morgan fingerprint density at radius 3 is 3.06 bits per heavy atom. The molecule has 1 heterocycles. The van der Waals surface area contributed by atoms with Gasteiger partial charge >= 0.3 is 5.97 Å². The van der Waals surface area contributed by atoms with Crippen LogP contribution in [-0.2, 0) is 4.74 Å². The first-order chi connectivity index (χ1) is 7.72. The molecule has 0 amide bonds. The SMILES string of the molecule is CSCCOC(=O)c1cc(N)cn1C1CC1. The number of nitrogens with zero attached hydrogens (tertiary/aromatic N) is 1. The molecule has 0 bridgehead atoms. The number of aromatic nitrogens is 1. The van der Waals surface area contributed by atoms with Crippen LogP contribution in [0.4, 0.5) is 5.69 Å². The van der Waals surface area contributed by atoms with Gasteiger partial charge in [-0.25, -0.2) is 4.79 Å². The van der Waals surface area contributed by atoms with E-state index in [0.29, 0.717) is 24.0 Å². The molecule has 0 spiro atoms. The molecule has 1 saturated carbocycles. The van der Waals surface area contributed by atoms with Crippen molar-refractivity contribution in [3.63, 3.8) is 0 Å². The molecule has 0 unspecified atom stereocenters. The molecule has 4 nitrogen and oxygen atoms in total. The van der Waals surface area contributed by atoms with Gasteiger partial charge in [0.2, 0.25) is 0 Å². The van der Waals surface area contributed by atoms with Crippen molar-refractivity contribution in [1.82, 2.24) is 4.57 Å². The van der Waals surface area contributed by atoms with Crippen molar-refractivity contribution in [3.8, 4) is 0 Å². The van der Waals surface area contributed by atoms with Gasteiger partial charge in [-0.3, -0.25) is 0 Å². The summed E-state index contributed by atoms with van der Waals surface area (Å²) in [4.78, 5) is 11.8. The maximum atomic E-state index is 11.8. The van der Waals surface area contributed by atoms with E-state index >= 15 is 0 Å². The number of hydrogen-bond donors (Lipinski definition) is 1. The molecule has 1 fully saturated rings. The molecule has 1 aliphatic rings. The van der Waals surface area contributed by atoms with E-state index in [1.807, 2.05) is 17.0 Å². The number of carbonyl (C=O) groups excluding carboxylic acids is 1. The van der Waals surface area contributed by atoms with Gasteiger partial charge in [0.15, 0.2) is 0 Å². The van der Waals surface area contributed by atoms with Crippen LogP contribution in [0.1, 0.15) is 29.4 Å². The van der Waals surface area contributed by atoms with Gasteiger partial charge in [-0.15, -0.1) is 0 Å². The highest BCUT2D eigenvalue weighted by molar-refractivity contribution is 7.98. The Morgan fingerprint density at radius 2 is 2.44 bits per heavy atom. The number of anilines is 1. The summed E-state index contributed by atoms with van der Waals surface area (Å²) in [5.74, 6) is 0.559. The molecule has 1 aromatic rings. The average molecular weight is 240 g/mol. The van der Waals surface area contributed by atoms with E-state index < -0.39 is 0 Å². The quantitative estimate of drug-likeness (QED) is 0.631. The highest BCUT2D eigenvalue weighted by Gasteiger charge is 2.28. The largest absolute Gasteiger partial charge is 0.460 e. The second-order valence-corrected chi connectivity index (χ2v) is 4.91. The Balaban J connectivity index is 2.03. The fraction of sp³-hybridized carbons (Fsp3) is 0.545. The minimum atomic E-state index is -0.266. The first kappa shape index (κ1) is 11.4. The van der Waals surface area contributed by atoms with Crippen molar-refractivity contribution in [2.24, 2.45) is 0 Å². The Bertz CT molecular complexity index is 385. The normalized spacial score (nSPS) is 15.1. The summed E-state index contributed by atoms with van der Waals surface area (Å²) in [6, 6.07) is 2.14. The van der Waals surface area contributed by atoms with Gasteiger partial charge in [0.05, 0.1) is 5.69 Å². The van der Waals surface area contributed by atoms with E-state index in [1.54, 1.807) is 17.8 Å². The molecule has 0 aliphatic heterocycles. The molecular formula is C11H16N2O2S. The van der Waals surface area contributed by atoms with Crippen molar-refractivity contribution >= 4 is 23.4 Å². The fourth-order valence-corrected chi connectivity index (χ4v) is 1.86. The number of carbonyl (C=O) groups is 1. The van der Waals surface area contributed by atoms with Gasteiger partial charge in [0.25, 0.3) is 0 Å². The third-order valence-electron chi connectivity index (χ3n) is 2.54. The zero-order valence-corrected chi connectivity index (χ0v) is 10.1. The van der Waals surface area contributed by atoms with Gasteiger partial charge < -0.3 is 15.0 Å². The second kappa shape index (κ2) is 4.82. The molecule has 1 aliphatic carbocycles. The molecule has 0 radical (unpaired) electrons. The molecule has 88 valence electrons. The lowest BCUT2D eigenvalue weighted by atomic mass is 10.4. The van der Waals surface area contributed by atoms with Crippen molar-refractivity contribution in [2.45, 2.75) is 18.9 Å². The van der Waals surface area contributed by atoms with Crippen molar-refractivity contribution in [1.29, 1.82) is 0 Å². The third kappa shape index (κ3) is 2.52. The zero-order chi connectivity index (χ0) is 11.5. The van der Waals surface area contributed by atoms with Crippen LogP contribution < -0.4 is 5.73 Å². The minimum Gasteiger partial charge on any atom is -0.460 e. The maximum absolute atomic E-state index is 11.8. The highest BCUT2D eigenvalue weighted by atomic mass is 32.2. The smallest absolute Gasteiger partial charge is 0.355 e. The van der Waals surface area contributed by atoms with Crippen LogP contribution in [0.5, 0.6) is 0 Å². The number of esters is 1. The van der Waals surface area contributed by atoms with Gasteiger partial charge in [0.1, 0.15) is 12.3 Å².